The lowest BCUT2D eigenvalue weighted by Gasteiger charge is -2.08. The molecule has 1 aliphatic rings. The molecular weight excluding hydrogens is 336 g/mol. The average molecular weight is 349 g/mol. The highest BCUT2D eigenvalue weighted by Gasteiger charge is 2.74. The normalized spacial score (nSPS) is 30.1. The summed E-state index contributed by atoms with van der Waals surface area (Å²) in [6, 6.07) is 6.79. The predicted octanol–water partition coefficient (Wildman–Crippen LogP) is 1.02. The van der Waals surface area contributed by atoms with E-state index in [2.05, 4.69) is 15.9 Å². The molecule has 5 nitrogen and oxygen atoms in total. The maximum Gasteiger partial charge on any atom is 0.314 e. The molecule has 0 spiro atoms. The van der Waals surface area contributed by atoms with Gasteiger partial charge in [0.2, 0.25) is 0 Å². The van der Waals surface area contributed by atoms with E-state index in [9.17, 15) is 23.4 Å². The molecule has 19 heavy (non-hydrogen) atoms. The Labute approximate surface area is 119 Å². The second kappa shape index (κ2) is 4.57. The number of carboxylic acids is 1. The van der Waals surface area contributed by atoms with Crippen molar-refractivity contribution in [3.63, 3.8) is 0 Å². The fraction of sp³-hybridized carbons (Fsp3) is 0.417. The second-order valence-corrected chi connectivity index (χ2v) is 7.87. The Morgan fingerprint density at radius 3 is 2.21 bits per heavy atom. The molecule has 1 fully saturated rings. The van der Waals surface area contributed by atoms with Crippen LogP contribution < -0.4 is 0 Å². The summed E-state index contributed by atoms with van der Waals surface area (Å²) in [6.07, 6.45) is 1.00. The van der Waals surface area contributed by atoms with Crippen LogP contribution in [0.1, 0.15) is 11.5 Å². The number of aliphatic hydroxyl groups excluding tert-OH is 1. The number of aliphatic carboxylic acids is 1. The van der Waals surface area contributed by atoms with Gasteiger partial charge in [0.05, 0.1) is 11.9 Å². The molecule has 2 N–H and O–H groups in total. The molecule has 0 heterocycles. The summed E-state index contributed by atoms with van der Waals surface area (Å²) >= 11 is 3.26. The largest absolute Gasteiger partial charge is 0.481 e. The van der Waals surface area contributed by atoms with Gasteiger partial charge in [-0.3, -0.25) is 4.79 Å². The second-order valence-electron chi connectivity index (χ2n) is 4.78. The van der Waals surface area contributed by atoms with Crippen LogP contribution in [0.3, 0.4) is 0 Å². The monoisotopic (exact) mass is 348 g/mol. The van der Waals surface area contributed by atoms with Crippen LogP contribution in [0, 0.1) is 5.41 Å². The molecule has 3 atom stereocenters. The Morgan fingerprint density at radius 1 is 1.37 bits per heavy atom. The van der Waals surface area contributed by atoms with Gasteiger partial charge in [0.25, 0.3) is 0 Å². The van der Waals surface area contributed by atoms with E-state index in [1.807, 2.05) is 0 Å². The zero-order valence-corrected chi connectivity index (χ0v) is 12.5. The first-order valence-corrected chi connectivity index (χ1v) is 8.28. The van der Waals surface area contributed by atoms with Crippen molar-refractivity contribution in [1.82, 2.24) is 0 Å². The molecule has 1 saturated carbocycles. The van der Waals surface area contributed by atoms with Crippen LogP contribution in [0.2, 0.25) is 0 Å². The van der Waals surface area contributed by atoms with Gasteiger partial charge < -0.3 is 10.2 Å². The highest BCUT2D eigenvalue weighted by Crippen LogP contribution is 2.62. The number of sulfone groups is 1. The third kappa shape index (κ3) is 2.19. The Hall–Kier alpha value is -0.920. The molecule has 104 valence electrons. The first-order chi connectivity index (χ1) is 8.75. The van der Waals surface area contributed by atoms with Crippen LogP contribution in [-0.2, 0) is 14.6 Å². The van der Waals surface area contributed by atoms with Gasteiger partial charge in [0.1, 0.15) is 5.41 Å². The third-order valence-corrected chi connectivity index (χ3v) is 5.75. The van der Waals surface area contributed by atoms with Crippen molar-refractivity contribution >= 4 is 31.7 Å². The summed E-state index contributed by atoms with van der Waals surface area (Å²) in [6.45, 7) is -0.694. The van der Waals surface area contributed by atoms with Gasteiger partial charge in [-0.15, -0.1) is 0 Å². The Bertz CT molecular complexity index is 610. The van der Waals surface area contributed by atoms with Crippen molar-refractivity contribution in [2.24, 2.45) is 5.41 Å². The molecule has 1 aromatic carbocycles. The highest BCUT2D eigenvalue weighted by atomic mass is 79.9. The lowest BCUT2D eigenvalue weighted by molar-refractivity contribution is -0.145. The number of aliphatic hydroxyl groups is 1. The van der Waals surface area contributed by atoms with Crippen LogP contribution in [0.4, 0.5) is 0 Å². The topological polar surface area (TPSA) is 91.7 Å². The Kier molecular flexibility index (Phi) is 3.49. The summed E-state index contributed by atoms with van der Waals surface area (Å²) in [7, 11) is -3.55. The molecule has 7 heteroatoms. The van der Waals surface area contributed by atoms with E-state index in [4.69, 9.17) is 0 Å². The van der Waals surface area contributed by atoms with Crippen molar-refractivity contribution in [3.05, 3.63) is 34.3 Å². The minimum Gasteiger partial charge on any atom is -0.481 e. The molecule has 0 bridgehead atoms. The Morgan fingerprint density at radius 2 is 1.89 bits per heavy atom. The standard InChI is InChI=1S/C12H13BrO5S/c1-19(17,18)10-9(12(10,6-14)11(15)16)7-2-4-8(13)5-3-7/h2-5,9-10,14H,6H2,1H3,(H,15,16)/t9-,10-,12+/m0/s1. The summed E-state index contributed by atoms with van der Waals surface area (Å²) in [4.78, 5) is 11.4. The maximum absolute atomic E-state index is 11.7. The van der Waals surface area contributed by atoms with Gasteiger partial charge in [0.15, 0.2) is 9.84 Å². The minimum atomic E-state index is -3.55. The summed E-state index contributed by atoms with van der Waals surface area (Å²) in [5.41, 5.74) is -1.02. The number of hydrogen-bond donors (Lipinski definition) is 2. The van der Waals surface area contributed by atoms with Crippen molar-refractivity contribution in [1.29, 1.82) is 0 Å². The number of rotatable bonds is 4. The number of carboxylic acid groups (broad SMARTS) is 1. The zero-order chi connectivity index (χ0) is 14.4. The number of hydrogen-bond acceptors (Lipinski definition) is 4. The fourth-order valence-corrected chi connectivity index (χ4v) is 4.85. The molecule has 1 aromatic rings. The lowest BCUT2D eigenvalue weighted by atomic mass is 10.0. The Balaban J connectivity index is 2.50. The van der Waals surface area contributed by atoms with Crippen LogP contribution in [0.15, 0.2) is 28.7 Å². The number of benzene rings is 1. The molecule has 0 amide bonds. The first kappa shape index (κ1) is 14.5. The van der Waals surface area contributed by atoms with Crippen LogP contribution in [0.25, 0.3) is 0 Å². The van der Waals surface area contributed by atoms with E-state index in [1.165, 1.54) is 0 Å². The molecule has 0 aromatic heterocycles. The molecule has 0 unspecified atom stereocenters. The van der Waals surface area contributed by atoms with Crippen molar-refractivity contribution in [2.75, 3.05) is 12.9 Å². The van der Waals surface area contributed by atoms with E-state index in [-0.39, 0.29) is 0 Å². The van der Waals surface area contributed by atoms with Crippen molar-refractivity contribution in [3.8, 4) is 0 Å². The minimum absolute atomic E-state index is 0.607. The maximum atomic E-state index is 11.7. The average Bonchev–Trinajstić information content (AvgIpc) is 3.00. The van der Waals surface area contributed by atoms with Gasteiger partial charge in [-0.25, -0.2) is 8.42 Å². The predicted molar refractivity (Wildman–Crippen MR) is 72.7 cm³/mol. The van der Waals surface area contributed by atoms with E-state index in [0.717, 1.165) is 10.7 Å². The first-order valence-electron chi connectivity index (χ1n) is 5.53. The van der Waals surface area contributed by atoms with Gasteiger partial charge >= 0.3 is 5.97 Å². The number of carbonyl (C=O) groups is 1. The molecule has 0 aliphatic heterocycles. The number of halogens is 1. The van der Waals surface area contributed by atoms with Crippen molar-refractivity contribution < 1.29 is 23.4 Å². The summed E-state index contributed by atoms with van der Waals surface area (Å²) in [5, 5.41) is 17.6. The smallest absolute Gasteiger partial charge is 0.314 e. The summed E-state index contributed by atoms with van der Waals surface area (Å²) in [5.74, 6) is -1.99. The van der Waals surface area contributed by atoms with Crippen LogP contribution in [-0.4, -0.2) is 42.7 Å². The summed E-state index contributed by atoms with van der Waals surface area (Å²) < 4.78 is 24.3. The molecule has 1 aliphatic carbocycles. The quantitative estimate of drug-likeness (QED) is 0.847. The SMILES string of the molecule is CS(=O)(=O)[C@H]1[C@H](c2ccc(Br)cc2)[C@@]1(CO)C(=O)O. The van der Waals surface area contributed by atoms with Gasteiger partial charge in [-0.2, -0.15) is 0 Å². The molecule has 2 rings (SSSR count). The van der Waals surface area contributed by atoms with Gasteiger partial charge in [-0.1, -0.05) is 28.1 Å². The van der Waals surface area contributed by atoms with E-state index in [1.54, 1.807) is 24.3 Å². The van der Waals surface area contributed by atoms with Crippen LogP contribution in [0.5, 0.6) is 0 Å². The van der Waals surface area contributed by atoms with Gasteiger partial charge in [0, 0.05) is 16.6 Å². The highest BCUT2D eigenvalue weighted by molar-refractivity contribution is 9.10. The molecule has 0 radical (unpaired) electrons. The fourth-order valence-electron chi connectivity index (χ4n) is 2.69. The van der Waals surface area contributed by atoms with E-state index >= 15 is 0 Å². The molecule has 0 saturated heterocycles. The van der Waals surface area contributed by atoms with E-state index in [0.29, 0.717) is 5.56 Å². The molecular formula is C12H13BrO5S. The van der Waals surface area contributed by atoms with Crippen molar-refractivity contribution in [2.45, 2.75) is 11.2 Å². The van der Waals surface area contributed by atoms with Crippen LogP contribution >= 0.6 is 15.9 Å². The van der Waals surface area contributed by atoms with Gasteiger partial charge in [-0.05, 0) is 17.7 Å². The van der Waals surface area contributed by atoms with E-state index < -0.39 is 39.0 Å². The zero-order valence-electron chi connectivity index (χ0n) is 10.1. The lowest BCUT2D eigenvalue weighted by Crippen LogP contribution is -2.27. The third-order valence-electron chi connectivity index (χ3n) is 3.61.